The van der Waals surface area contributed by atoms with Crippen molar-refractivity contribution in [2.75, 3.05) is 0 Å². The molecule has 0 radical (unpaired) electrons. The molecule has 4 nitrogen and oxygen atoms in total. The highest BCUT2D eigenvalue weighted by molar-refractivity contribution is 5.56. The van der Waals surface area contributed by atoms with Crippen LogP contribution in [0.4, 0.5) is 0 Å². The number of hydrogen-bond donors (Lipinski definition) is 1. The Morgan fingerprint density at radius 1 is 1.15 bits per heavy atom. The lowest BCUT2D eigenvalue weighted by molar-refractivity contribution is 0.391. The Balaban J connectivity index is 1.60. The fraction of sp³-hybridized carbons (Fsp3) is 0.364. The molecule has 1 aliphatic rings. The average Bonchev–Trinajstić information content (AvgIpc) is 3.13. The van der Waals surface area contributed by atoms with E-state index < -0.39 is 0 Å². The van der Waals surface area contributed by atoms with Gasteiger partial charge in [-0.2, -0.15) is 4.98 Å². The first-order chi connectivity index (χ1) is 12.5. The molecular formula is C22H25N3O. The number of aryl methyl sites for hydroxylation is 1. The molecule has 1 atom stereocenters. The zero-order valence-electron chi connectivity index (χ0n) is 15.4. The molecule has 0 saturated heterocycles. The summed E-state index contributed by atoms with van der Waals surface area (Å²) in [6, 6.07) is 16.9. The molecule has 0 spiro atoms. The number of rotatable bonds is 4. The Kier molecular flexibility index (Phi) is 4.37. The molecule has 2 aromatic carbocycles. The lowest BCUT2D eigenvalue weighted by Gasteiger charge is -2.22. The molecule has 0 fully saturated rings. The zero-order valence-corrected chi connectivity index (χ0v) is 15.4. The Hall–Kier alpha value is -2.46. The van der Waals surface area contributed by atoms with Gasteiger partial charge in [-0.3, -0.25) is 0 Å². The number of nitrogens with two attached hydrogens (primary N) is 1. The zero-order chi connectivity index (χ0) is 18.1. The van der Waals surface area contributed by atoms with E-state index in [1.165, 1.54) is 16.7 Å². The van der Waals surface area contributed by atoms with Crippen molar-refractivity contribution in [1.82, 2.24) is 10.1 Å². The van der Waals surface area contributed by atoms with Gasteiger partial charge in [-0.05, 0) is 54.5 Å². The minimum Gasteiger partial charge on any atom is -0.334 e. The molecule has 0 aliphatic heterocycles. The summed E-state index contributed by atoms with van der Waals surface area (Å²) >= 11 is 0. The van der Waals surface area contributed by atoms with Crippen LogP contribution in [0.25, 0.3) is 11.5 Å². The second-order valence-electron chi connectivity index (χ2n) is 7.88. The van der Waals surface area contributed by atoms with Crippen molar-refractivity contribution >= 4 is 0 Å². The van der Waals surface area contributed by atoms with E-state index in [0.29, 0.717) is 5.89 Å². The summed E-state index contributed by atoms with van der Waals surface area (Å²) in [5, 5.41) is 4.28. The number of nitrogens with zero attached hydrogens (tertiary/aromatic N) is 2. The molecule has 1 aromatic heterocycles. The summed E-state index contributed by atoms with van der Waals surface area (Å²) in [6.07, 6.45) is 4.13. The molecule has 0 saturated carbocycles. The van der Waals surface area contributed by atoms with Crippen molar-refractivity contribution in [1.29, 1.82) is 0 Å². The van der Waals surface area contributed by atoms with Gasteiger partial charge in [0.2, 0.25) is 0 Å². The van der Waals surface area contributed by atoms with Gasteiger partial charge >= 0.3 is 0 Å². The molecular weight excluding hydrogens is 322 g/mol. The van der Waals surface area contributed by atoms with Crippen LogP contribution < -0.4 is 5.73 Å². The minimum atomic E-state index is -0.195. The Bertz CT molecular complexity index is 899. The Labute approximate surface area is 154 Å². The first-order valence-electron chi connectivity index (χ1n) is 9.30. The maximum atomic E-state index is 6.22. The molecule has 1 heterocycles. The molecule has 1 aliphatic carbocycles. The third-order valence-electron chi connectivity index (χ3n) is 5.27. The molecule has 2 N–H and O–H groups in total. The lowest BCUT2D eigenvalue weighted by atomic mass is 9.85. The van der Waals surface area contributed by atoms with Crippen LogP contribution in [-0.4, -0.2) is 10.1 Å². The maximum absolute atomic E-state index is 6.22. The molecule has 0 amide bonds. The first-order valence-corrected chi connectivity index (χ1v) is 9.30. The number of benzene rings is 2. The average molecular weight is 347 g/mol. The highest BCUT2D eigenvalue weighted by Gasteiger charge is 2.28. The maximum Gasteiger partial charge on any atom is 0.257 e. The molecule has 4 heteroatoms. The Morgan fingerprint density at radius 2 is 1.96 bits per heavy atom. The van der Waals surface area contributed by atoms with Crippen LogP contribution in [0, 0.1) is 0 Å². The van der Waals surface area contributed by atoms with Crippen molar-refractivity contribution in [2.24, 2.45) is 5.73 Å². The van der Waals surface area contributed by atoms with Crippen LogP contribution in [0.5, 0.6) is 0 Å². The summed E-state index contributed by atoms with van der Waals surface area (Å²) in [4.78, 5) is 4.71. The van der Waals surface area contributed by atoms with E-state index in [0.717, 1.165) is 37.1 Å². The van der Waals surface area contributed by atoms with E-state index >= 15 is 0 Å². The summed E-state index contributed by atoms with van der Waals surface area (Å²) in [5.41, 5.74) is 10.8. The molecule has 1 unspecified atom stereocenters. The van der Waals surface area contributed by atoms with Gasteiger partial charge in [-0.1, -0.05) is 55.4 Å². The van der Waals surface area contributed by atoms with Gasteiger partial charge in [0.05, 0.1) is 0 Å². The molecule has 134 valence electrons. The predicted molar refractivity (Wildman–Crippen MR) is 103 cm³/mol. The van der Waals surface area contributed by atoms with Crippen molar-refractivity contribution in [3.63, 3.8) is 0 Å². The number of fused-ring (bicyclic) bond motifs is 1. The molecule has 3 aromatic rings. The second-order valence-corrected chi connectivity index (χ2v) is 7.88. The van der Waals surface area contributed by atoms with Crippen LogP contribution >= 0.6 is 0 Å². The third kappa shape index (κ3) is 3.29. The van der Waals surface area contributed by atoms with Crippen molar-refractivity contribution < 1.29 is 4.52 Å². The van der Waals surface area contributed by atoms with Gasteiger partial charge in [0.15, 0.2) is 5.82 Å². The highest BCUT2D eigenvalue weighted by Crippen LogP contribution is 2.32. The summed E-state index contributed by atoms with van der Waals surface area (Å²) in [5.74, 6) is 1.33. The van der Waals surface area contributed by atoms with E-state index in [2.05, 4.69) is 55.4 Å². The fourth-order valence-corrected chi connectivity index (χ4v) is 3.79. The van der Waals surface area contributed by atoms with Crippen LogP contribution in [-0.2, 0) is 18.3 Å². The fourth-order valence-electron chi connectivity index (χ4n) is 3.79. The van der Waals surface area contributed by atoms with Gasteiger partial charge in [-0.25, -0.2) is 0 Å². The van der Waals surface area contributed by atoms with Gasteiger partial charge in [-0.15, -0.1) is 0 Å². The van der Waals surface area contributed by atoms with Gasteiger partial charge in [0, 0.05) is 17.0 Å². The van der Waals surface area contributed by atoms with Crippen molar-refractivity contribution in [3.05, 3.63) is 71.0 Å². The van der Waals surface area contributed by atoms with E-state index in [9.17, 15) is 0 Å². The van der Waals surface area contributed by atoms with Gasteiger partial charge in [0.1, 0.15) is 0 Å². The molecule has 26 heavy (non-hydrogen) atoms. The summed E-state index contributed by atoms with van der Waals surface area (Å²) in [7, 11) is 0. The SMILES string of the molecule is CC(C)(Cc1ccccc1)c1noc(-c2ccc3c(c2)CCCC3N)n1. The smallest absolute Gasteiger partial charge is 0.257 e. The molecule has 4 rings (SSSR count). The van der Waals surface area contributed by atoms with Crippen molar-refractivity contribution in [3.8, 4) is 11.5 Å². The van der Waals surface area contributed by atoms with Crippen LogP contribution in [0.1, 0.15) is 55.2 Å². The Morgan fingerprint density at radius 3 is 2.77 bits per heavy atom. The standard InChI is InChI=1S/C22H25N3O/c1-22(2,14-15-7-4-3-5-8-15)21-24-20(26-25-21)17-11-12-18-16(13-17)9-6-10-19(18)23/h3-5,7-8,11-13,19H,6,9-10,14,23H2,1-2H3. The second kappa shape index (κ2) is 6.69. The quantitative estimate of drug-likeness (QED) is 0.749. The highest BCUT2D eigenvalue weighted by atomic mass is 16.5. The van der Waals surface area contributed by atoms with E-state index in [4.69, 9.17) is 15.2 Å². The van der Waals surface area contributed by atoms with Crippen LogP contribution in [0.2, 0.25) is 0 Å². The normalized spacial score (nSPS) is 17.1. The number of aromatic nitrogens is 2. The van der Waals surface area contributed by atoms with Crippen LogP contribution in [0.15, 0.2) is 53.1 Å². The summed E-state index contributed by atoms with van der Waals surface area (Å²) < 4.78 is 5.60. The predicted octanol–water partition coefficient (Wildman–Crippen LogP) is 4.59. The third-order valence-corrected chi connectivity index (χ3v) is 5.27. The molecule has 0 bridgehead atoms. The van der Waals surface area contributed by atoms with Crippen molar-refractivity contribution in [2.45, 2.75) is 51.0 Å². The van der Waals surface area contributed by atoms with Crippen LogP contribution in [0.3, 0.4) is 0 Å². The largest absolute Gasteiger partial charge is 0.334 e. The monoisotopic (exact) mass is 347 g/mol. The minimum absolute atomic E-state index is 0.149. The first kappa shape index (κ1) is 17.0. The van der Waals surface area contributed by atoms with E-state index in [1.807, 2.05) is 12.1 Å². The summed E-state index contributed by atoms with van der Waals surface area (Å²) in [6.45, 7) is 4.31. The number of hydrogen-bond acceptors (Lipinski definition) is 4. The van der Waals surface area contributed by atoms with E-state index in [-0.39, 0.29) is 11.5 Å². The van der Waals surface area contributed by atoms with Gasteiger partial charge in [0.25, 0.3) is 5.89 Å². The lowest BCUT2D eigenvalue weighted by Crippen LogP contribution is -2.22. The van der Waals surface area contributed by atoms with Gasteiger partial charge < -0.3 is 10.3 Å². The van der Waals surface area contributed by atoms with E-state index in [1.54, 1.807) is 0 Å². The topological polar surface area (TPSA) is 64.9 Å².